The fourth-order valence-electron chi connectivity index (χ4n) is 3.08. The summed E-state index contributed by atoms with van der Waals surface area (Å²) in [7, 11) is -2.39. The normalized spacial score (nSPS) is 17.1. The number of fused-ring (bicyclic) bond motifs is 1. The molecule has 1 aliphatic heterocycles. The smallest absolute Gasteiger partial charge is 0.264 e. The summed E-state index contributed by atoms with van der Waals surface area (Å²) in [5.41, 5.74) is 1.32. The highest BCUT2D eigenvalue weighted by Gasteiger charge is 2.38. The van der Waals surface area contributed by atoms with Crippen LogP contribution in [0, 0.1) is 12.8 Å². The van der Waals surface area contributed by atoms with Crippen LogP contribution in [0.1, 0.15) is 26.3 Å². The summed E-state index contributed by atoms with van der Waals surface area (Å²) in [4.78, 5) is 12.9. The molecule has 7 nitrogen and oxygen atoms in total. The minimum absolute atomic E-state index is 0.0628. The van der Waals surface area contributed by atoms with E-state index in [2.05, 4.69) is 5.32 Å². The highest BCUT2D eigenvalue weighted by Crippen LogP contribution is 2.38. The van der Waals surface area contributed by atoms with Crippen LogP contribution in [-0.4, -0.2) is 40.1 Å². The van der Waals surface area contributed by atoms with Crippen molar-refractivity contribution in [3.05, 3.63) is 48.0 Å². The Morgan fingerprint density at radius 3 is 2.43 bits per heavy atom. The number of hydrogen-bond acceptors (Lipinski definition) is 5. The van der Waals surface area contributed by atoms with Gasteiger partial charge in [-0.25, -0.2) is 8.42 Å². The fraction of sp³-hybridized carbons (Fsp3) is 0.409. The molecule has 0 aliphatic carbocycles. The summed E-state index contributed by atoms with van der Waals surface area (Å²) in [5, 5.41) is 2.92. The van der Waals surface area contributed by atoms with Crippen LogP contribution in [0.15, 0.2) is 47.4 Å². The molecule has 0 fully saturated rings. The number of ether oxygens (including phenoxy) is 2. The molecule has 0 radical (unpaired) electrons. The molecule has 162 valence electrons. The van der Waals surface area contributed by atoms with E-state index in [0.29, 0.717) is 17.2 Å². The molecular formula is C22H28N2O5S. The number of aryl methyl sites for hydroxylation is 1. The number of carbonyl (C=O) groups is 1. The van der Waals surface area contributed by atoms with Gasteiger partial charge in [0.25, 0.3) is 15.9 Å². The summed E-state index contributed by atoms with van der Waals surface area (Å²) in [6.07, 6.45) is -0.950. The van der Waals surface area contributed by atoms with E-state index in [0.717, 1.165) is 5.56 Å². The van der Waals surface area contributed by atoms with Gasteiger partial charge >= 0.3 is 0 Å². The standard InChI is InChI=1S/C22H28N2O5S/c1-14(2)16(4)23-22(25)21-13-24(19-12-15(3)6-11-20(19)29-21)30(26,27)18-9-7-17(28-5)8-10-18/h6-12,14,16,21H,13H2,1-5H3,(H,23,25)/t16-,21-/m0/s1. The topological polar surface area (TPSA) is 84.9 Å². The number of rotatable bonds is 6. The van der Waals surface area contributed by atoms with Crippen LogP contribution in [0.2, 0.25) is 0 Å². The molecule has 0 saturated heterocycles. The lowest BCUT2D eigenvalue weighted by atomic mass is 10.1. The van der Waals surface area contributed by atoms with Crippen molar-refractivity contribution in [3.8, 4) is 11.5 Å². The average molecular weight is 433 g/mol. The predicted molar refractivity (Wildman–Crippen MR) is 116 cm³/mol. The molecule has 1 heterocycles. The maximum absolute atomic E-state index is 13.5. The first-order valence-electron chi connectivity index (χ1n) is 9.88. The molecule has 1 N–H and O–H groups in total. The number of benzene rings is 2. The molecule has 0 aromatic heterocycles. The zero-order valence-corrected chi connectivity index (χ0v) is 18.7. The average Bonchev–Trinajstić information content (AvgIpc) is 2.72. The van der Waals surface area contributed by atoms with Crippen molar-refractivity contribution in [1.29, 1.82) is 0 Å². The lowest BCUT2D eigenvalue weighted by Gasteiger charge is -2.35. The Morgan fingerprint density at radius 2 is 1.83 bits per heavy atom. The number of carbonyl (C=O) groups excluding carboxylic acids is 1. The molecule has 30 heavy (non-hydrogen) atoms. The van der Waals surface area contributed by atoms with E-state index in [-0.39, 0.29) is 29.3 Å². The van der Waals surface area contributed by atoms with Crippen LogP contribution >= 0.6 is 0 Å². The molecule has 0 saturated carbocycles. The first-order chi connectivity index (χ1) is 14.1. The molecule has 2 aromatic rings. The van der Waals surface area contributed by atoms with Crippen LogP contribution in [0.3, 0.4) is 0 Å². The maximum Gasteiger partial charge on any atom is 0.264 e. The third-order valence-corrected chi connectivity index (χ3v) is 7.09. The van der Waals surface area contributed by atoms with E-state index in [1.54, 1.807) is 24.3 Å². The zero-order valence-electron chi connectivity index (χ0n) is 17.9. The predicted octanol–water partition coefficient (Wildman–Crippen LogP) is 3.12. The molecule has 3 rings (SSSR count). The van der Waals surface area contributed by atoms with Crippen LogP contribution in [0.4, 0.5) is 5.69 Å². The van der Waals surface area contributed by atoms with Crippen molar-refractivity contribution in [1.82, 2.24) is 5.32 Å². The van der Waals surface area contributed by atoms with Gasteiger partial charge in [0.05, 0.1) is 24.2 Å². The summed E-state index contributed by atoms with van der Waals surface area (Å²) in [5.74, 6) is 0.831. The monoisotopic (exact) mass is 432 g/mol. The number of hydrogen-bond donors (Lipinski definition) is 1. The van der Waals surface area contributed by atoms with Crippen LogP contribution in [0.25, 0.3) is 0 Å². The lowest BCUT2D eigenvalue weighted by molar-refractivity contribution is -0.128. The second-order valence-electron chi connectivity index (χ2n) is 7.83. The Morgan fingerprint density at radius 1 is 1.17 bits per heavy atom. The van der Waals surface area contributed by atoms with Gasteiger partial charge in [-0.3, -0.25) is 9.10 Å². The van der Waals surface area contributed by atoms with Gasteiger partial charge < -0.3 is 14.8 Å². The van der Waals surface area contributed by atoms with E-state index in [4.69, 9.17) is 9.47 Å². The second-order valence-corrected chi connectivity index (χ2v) is 9.69. The largest absolute Gasteiger partial charge is 0.497 e. The Hall–Kier alpha value is -2.74. The second kappa shape index (κ2) is 8.55. The lowest BCUT2D eigenvalue weighted by Crippen LogP contribution is -2.52. The maximum atomic E-state index is 13.5. The molecule has 0 unspecified atom stereocenters. The quantitative estimate of drug-likeness (QED) is 0.758. The van der Waals surface area contributed by atoms with Crippen molar-refractivity contribution in [3.63, 3.8) is 0 Å². The molecule has 1 amide bonds. The molecule has 8 heteroatoms. The van der Waals surface area contributed by atoms with Crippen molar-refractivity contribution >= 4 is 21.6 Å². The number of nitrogens with zero attached hydrogens (tertiary/aromatic N) is 1. The minimum atomic E-state index is -3.91. The highest BCUT2D eigenvalue weighted by atomic mass is 32.2. The van der Waals surface area contributed by atoms with E-state index in [1.165, 1.54) is 23.5 Å². The van der Waals surface area contributed by atoms with Crippen LogP contribution in [-0.2, 0) is 14.8 Å². The van der Waals surface area contributed by atoms with Crippen molar-refractivity contribution in [2.75, 3.05) is 18.0 Å². The highest BCUT2D eigenvalue weighted by molar-refractivity contribution is 7.92. The number of sulfonamides is 1. The van der Waals surface area contributed by atoms with Gasteiger partial charge in [-0.1, -0.05) is 19.9 Å². The van der Waals surface area contributed by atoms with E-state index in [9.17, 15) is 13.2 Å². The number of nitrogens with one attached hydrogen (secondary N) is 1. The Balaban J connectivity index is 1.99. The van der Waals surface area contributed by atoms with Crippen molar-refractivity contribution in [2.24, 2.45) is 5.92 Å². The number of amides is 1. The van der Waals surface area contributed by atoms with Crippen molar-refractivity contribution in [2.45, 2.75) is 44.7 Å². The molecule has 2 aromatic carbocycles. The first kappa shape index (κ1) is 22.0. The summed E-state index contributed by atoms with van der Waals surface area (Å²) in [6.45, 7) is 7.69. The van der Waals surface area contributed by atoms with Crippen molar-refractivity contribution < 1.29 is 22.7 Å². The summed E-state index contributed by atoms with van der Waals surface area (Å²) < 4.78 is 39.2. The SMILES string of the molecule is COc1ccc(S(=O)(=O)N2C[C@@H](C(=O)N[C@@H](C)C(C)C)Oc3ccc(C)cc32)cc1. The minimum Gasteiger partial charge on any atom is -0.497 e. The molecule has 2 atom stereocenters. The Kier molecular flexibility index (Phi) is 6.26. The summed E-state index contributed by atoms with van der Waals surface area (Å²) in [6, 6.07) is 11.4. The number of anilines is 1. The number of methoxy groups -OCH3 is 1. The Bertz CT molecular complexity index is 1020. The van der Waals surface area contributed by atoms with Gasteiger partial charge in [0, 0.05) is 6.04 Å². The summed E-state index contributed by atoms with van der Waals surface area (Å²) >= 11 is 0. The molecular weight excluding hydrogens is 404 g/mol. The Labute approximate surface area is 178 Å². The van der Waals surface area contributed by atoms with Crippen LogP contribution in [0.5, 0.6) is 11.5 Å². The van der Waals surface area contributed by atoms with Gasteiger partial charge in [-0.05, 0) is 61.7 Å². The molecule has 1 aliphatic rings. The zero-order chi connectivity index (χ0) is 22.1. The van der Waals surface area contributed by atoms with E-state index >= 15 is 0 Å². The van der Waals surface area contributed by atoms with Gasteiger partial charge in [-0.15, -0.1) is 0 Å². The first-order valence-corrected chi connectivity index (χ1v) is 11.3. The molecule has 0 bridgehead atoms. The third-order valence-electron chi connectivity index (χ3n) is 5.29. The third kappa shape index (κ3) is 4.38. The van der Waals surface area contributed by atoms with Gasteiger partial charge in [0.2, 0.25) is 0 Å². The van der Waals surface area contributed by atoms with Crippen LogP contribution < -0.4 is 19.1 Å². The van der Waals surface area contributed by atoms with Gasteiger partial charge in [-0.2, -0.15) is 0 Å². The van der Waals surface area contributed by atoms with E-state index in [1.807, 2.05) is 33.8 Å². The fourth-order valence-corrected chi connectivity index (χ4v) is 4.55. The molecule has 0 spiro atoms. The van der Waals surface area contributed by atoms with E-state index < -0.39 is 16.1 Å². The van der Waals surface area contributed by atoms with Gasteiger partial charge in [0.15, 0.2) is 6.10 Å². The van der Waals surface area contributed by atoms with Gasteiger partial charge in [0.1, 0.15) is 11.5 Å².